The molecule has 0 saturated carbocycles. The monoisotopic (exact) mass is 373 g/mol. The van der Waals surface area contributed by atoms with E-state index in [2.05, 4.69) is 4.72 Å². The molecule has 0 aliphatic carbocycles. The fourth-order valence-electron chi connectivity index (χ4n) is 1.45. The Balaban J connectivity index is 3.19. The number of hydrogen-bond acceptors (Lipinski definition) is 5. The first kappa shape index (κ1) is 18.4. The third-order valence-corrected chi connectivity index (χ3v) is 5.32. The average molecular weight is 374 g/mol. The molecule has 0 saturated heterocycles. The predicted octanol–water partition coefficient (Wildman–Crippen LogP) is 2.10. The lowest BCUT2D eigenvalue weighted by atomic mass is 10.3. The van der Waals surface area contributed by atoms with Crippen LogP contribution in [0.5, 0.6) is 5.75 Å². The molecule has 0 aliphatic heterocycles. The standard InChI is InChI=1S/C11H13Cl2NO5S2/c1-19-9-3-7(13)10(4-6(9)12)21(17,18)14-8(5-20-2)11(15)16/h3-4,8,14H,5H2,1-2H3,(H,15,16)/t8-/m0/s1. The number of carbonyl (C=O) groups is 1. The Hall–Kier alpha value is -0.670. The van der Waals surface area contributed by atoms with Crippen LogP contribution in [-0.4, -0.2) is 44.7 Å². The van der Waals surface area contributed by atoms with Crippen molar-refractivity contribution >= 4 is 51.0 Å². The highest BCUT2D eigenvalue weighted by atomic mass is 35.5. The summed E-state index contributed by atoms with van der Waals surface area (Å²) in [6, 6.07) is 1.10. The lowest BCUT2D eigenvalue weighted by molar-refractivity contribution is -0.138. The number of halogens is 2. The van der Waals surface area contributed by atoms with Gasteiger partial charge in [-0.25, -0.2) is 8.42 Å². The highest BCUT2D eigenvalue weighted by Crippen LogP contribution is 2.33. The van der Waals surface area contributed by atoms with Gasteiger partial charge in [-0.1, -0.05) is 23.2 Å². The Kier molecular flexibility index (Phi) is 6.61. The number of benzene rings is 1. The molecule has 0 aromatic heterocycles. The van der Waals surface area contributed by atoms with Crippen molar-refractivity contribution in [1.82, 2.24) is 4.72 Å². The van der Waals surface area contributed by atoms with E-state index in [1.165, 1.54) is 24.9 Å². The summed E-state index contributed by atoms with van der Waals surface area (Å²) < 4.78 is 31.5. The van der Waals surface area contributed by atoms with E-state index >= 15 is 0 Å². The zero-order chi connectivity index (χ0) is 16.2. The Morgan fingerprint density at radius 2 is 2.05 bits per heavy atom. The lowest BCUT2D eigenvalue weighted by Gasteiger charge is -2.15. The minimum Gasteiger partial charge on any atom is -0.495 e. The molecule has 1 rings (SSSR count). The fourth-order valence-corrected chi connectivity index (χ4v) is 4.15. The highest BCUT2D eigenvalue weighted by molar-refractivity contribution is 7.98. The Morgan fingerprint density at radius 3 is 2.52 bits per heavy atom. The van der Waals surface area contributed by atoms with Crippen molar-refractivity contribution < 1.29 is 23.1 Å². The van der Waals surface area contributed by atoms with E-state index in [4.69, 9.17) is 33.0 Å². The van der Waals surface area contributed by atoms with Crippen LogP contribution in [0.2, 0.25) is 10.0 Å². The summed E-state index contributed by atoms with van der Waals surface area (Å²) >= 11 is 13.0. The van der Waals surface area contributed by atoms with Crippen molar-refractivity contribution in [2.24, 2.45) is 0 Å². The van der Waals surface area contributed by atoms with Gasteiger partial charge in [0.2, 0.25) is 10.0 Å². The van der Waals surface area contributed by atoms with E-state index in [1.54, 1.807) is 6.26 Å². The molecule has 0 heterocycles. The van der Waals surface area contributed by atoms with Gasteiger partial charge in [0, 0.05) is 11.8 Å². The molecule has 1 atom stereocenters. The van der Waals surface area contributed by atoms with Crippen molar-refractivity contribution in [3.05, 3.63) is 22.2 Å². The van der Waals surface area contributed by atoms with Gasteiger partial charge in [-0.3, -0.25) is 4.79 Å². The second-order valence-corrected chi connectivity index (χ2v) is 7.29. The Morgan fingerprint density at radius 1 is 1.43 bits per heavy atom. The largest absolute Gasteiger partial charge is 0.495 e. The zero-order valence-corrected chi connectivity index (χ0v) is 14.2. The molecule has 6 nitrogen and oxygen atoms in total. The molecule has 1 aromatic carbocycles. The first-order chi connectivity index (χ1) is 9.72. The van der Waals surface area contributed by atoms with Gasteiger partial charge in [0.1, 0.15) is 16.7 Å². The maximum Gasteiger partial charge on any atom is 0.322 e. The number of aliphatic carboxylic acids is 1. The van der Waals surface area contributed by atoms with Gasteiger partial charge < -0.3 is 9.84 Å². The average Bonchev–Trinajstić information content (AvgIpc) is 2.39. The maximum atomic E-state index is 12.2. The van der Waals surface area contributed by atoms with Gasteiger partial charge in [0.05, 0.1) is 17.2 Å². The van der Waals surface area contributed by atoms with E-state index in [0.29, 0.717) is 0 Å². The molecule has 0 amide bonds. The van der Waals surface area contributed by atoms with Crippen molar-refractivity contribution in [2.75, 3.05) is 19.1 Å². The van der Waals surface area contributed by atoms with Crippen molar-refractivity contribution in [3.8, 4) is 5.75 Å². The SMILES string of the molecule is COc1cc(Cl)c(S(=O)(=O)N[C@@H](CSC)C(=O)O)cc1Cl. The first-order valence-electron chi connectivity index (χ1n) is 5.50. The second-order valence-electron chi connectivity index (χ2n) is 3.88. The van der Waals surface area contributed by atoms with Gasteiger partial charge >= 0.3 is 5.97 Å². The van der Waals surface area contributed by atoms with E-state index < -0.39 is 22.0 Å². The van der Waals surface area contributed by atoms with Gasteiger partial charge in [-0.05, 0) is 12.3 Å². The van der Waals surface area contributed by atoms with E-state index in [0.717, 1.165) is 6.07 Å². The summed E-state index contributed by atoms with van der Waals surface area (Å²) in [5.74, 6) is -0.973. The Bertz CT molecular complexity index is 636. The summed E-state index contributed by atoms with van der Waals surface area (Å²) in [5, 5.41) is 8.94. The number of methoxy groups -OCH3 is 1. The third-order valence-electron chi connectivity index (χ3n) is 2.42. The quantitative estimate of drug-likeness (QED) is 0.759. The lowest BCUT2D eigenvalue weighted by Crippen LogP contribution is -2.42. The molecular formula is C11H13Cl2NO5S2. The van der Waals surface area contributed by atoms with Crippen LogP contribution in [0.25, 0.3) is 0 Å². The molecule has 2 N–H and O–H groups in total. The number of hydrogen-bond donors (Lipinski definition) is 2. The molecular weight excluding hydrogens is 361 g/mol. The van der Waals surface area contributed by atoms with Crippen LogP contribution in [0.3, 0.4) is 0 Å². The number of sulfonamides is 1. The first-order valence-corrected chi connectivity index (χ1v) is 9.13. The van der Waals surface area contributed by atoms with Crippen LogP contribution < -0.4 is 9.46 Å². The summed E-state index contributed by atoms with van der Waals surface area (Å²) in [6.45, 7) is 0. The van der Waals surface area contributed by atoms with E-state index in [-0.39, 0.29) is 26.4 Å². The number of thioether (sulfide) groups is 1. The molecule has 0 fully saturated rings. The minimum absolute atomic E-state index is 0.0546. The molecule has 0 radical (unpaired) electrons. The van der Waals surface area contributed by atoms with Crippen LogP contribution in [0.4, 0.5) is 0 Å². The maximum absolute atomic E-state index is 12.2. The van der Waals surface area contributed by atoms with Crippen LogP contribution in [-0.2, 0) is 14.8 Å². The predicted molar refractivity (Wildman–Crippen MR) is 83.1 cm³/mol. The summed E-state index contributed by atoms with van der Waals surface area (Å²) in [6.07, 6.45) is 1.67. The Labute approximate surface area is 136 Å². The van der Waals surface area contributed by atoms with Gasteiger partial charge in [0.15, 0.2) is 0 Å². The fraction of sp³-hybridized carbons (Fsp3) is 0.364. The van der Waals surface area contributed by atoms with Crippen molar-refractivity contribution in [3.63, 3.8) is 0 Å². The number of nitrogens with one attached hydrogen (secondary N) is 1. The molecule has 10 heteroatoms. The molecule has 21 heavy (non-hydrogen) atoms. The molecule has 118 valence electrons. The minimum atomic E-state index is -4.12. The second kappa shape index (κ2) is 7.55. The number of carboxylic acid groups (broad SMARTS) is 1. The number of carboxylic acids is 1. The summed E-state index contributed by atoms with van der Waals surface area (Å²) in [4.78, 5) is 10.7. The molecule has 0 bridgehead atoms. The third kappa shape index (κ3) is 4.65. The number of ether oxygens (including phenoxy) is 1. The van der Waals surface area contributed by atoms with Gasteiger partial charge in [-0.15, -0.1) is 0 Å². The van der Waals surface area contributed by atoms with E-state index in [9.17, 15) is 13.2 Å². The number of rotatable bonds is 7. The molecule has 0 unspecified atom stereocenters. The van der Waals surface area contributed by atoms with Gasteiger partial charge in [-0.2, -0.15) is 16.5 Å². The topological polar surface area (TPSA) is 92.7 Å². The van der Waals surface area contributed by atoms with Gasteiger partial charge in [0.25, 0.3) is 0 Å². The zero-order valence-electron chi connectivity index (χ0n) is 11.1. The van der Waals surface area contributed by atoms with Crippen LogP contribution in [0, 0.1) is 0 Å². The highest BCUT2D eigenvalue weighted by Gasteiger charge is 2.27. The van der Waals surface area contributed by atoms with Crippen LogP contribution >= 0.6 is 35.0 Å². The summed E-state index contributed by atoms with van der Waals surface area (Å²) in [5.41, 5.74) is 0. The smallest absolute Gasteiger partial charge is 0.322 e. The molecule has 1 aromatic rings. The molecule has 0 spiro atoms. The van der Waals surface area contributed by atoms with Crippen LogP contribution in [0.1, 0.15) is 0 Å². The van der Waals surface area contributed by atoms with Crippen LogP contribution in [0.15, 0.2) is 17.0 Å². The van der Waals surface area contributed by atoms with E-state index in [1.807, 2.05) is 0 Å². The summed E-state index contributed by atoms with van der Waals surface area (Å²) in [7, 11) is -2.76. The van der Waals surface area contributed by atoms with Crippen molar-refractivity contribution in [1.29, 1.82) is 0 Å². The normalized spacial score (nSPS) is 13.0. The van der Waals surface area contributed by atoms with Crippen molar-refractivity contribution in [2.45, 2.75) is 10.9 Å². The molecule has 0 aliphatic rings.